The van der Waals surface area contributed by atoms with Crippen molar-refractivity contribution in [3.05, 3.63) is 11.6 Å². The third kappa shape index (κ3) is 4.82. The number of hydrogen-bond donors (Lipinski definition) is 1. The summed E-state index contributed by atoms with van der Waals surface area (Å²) >= 11 is 0. The molecule has 188 valence electrons. The van der Waals surface area contributed by atoms with Crippen LogP contribution in [0.1, 0.15) is 119 Å². The van der Waals surface area contributed by atoms with E-state index < -0.39 is 5.60 Å². The predicted octanol–water partition coefficient (Wildman–Crippen LogP) is 7.46. The molecular weight excluding hydrogens is 408 g/mol. The van der Waals surface area contributed by atoms with E-state index in [0.717, 1.165) is 55.3 Å². The second kappa shape index (κ2) is 9.32. The first-order valence-electron chi connectivity index (χ1n) is 14.1. The molecule has 0 amide bonds. The van der Waals surface area contributed by atoms with E-state index in [1.807, 2.05) is 20.8 Å². The van der Waals surface area contributed by atoms with Gasteiger partial charge in [-0.1, -0.05) is 52.2 Å². The van der Waals surface area contributed by atoms with Crippen LogP contribution in [0.5, 0.6) is 0 Å². The van der Waals surface area contributed by atoms with Gasteiger partial charge in [-0.15, -0.1) is 0 Å². The van der Waals surface area contributed by atoms with Crippen molar-refractivity contribution >= 4 is 5.97 Å². The number of allylic oxidation sites excluding steroid dienone is 1. The van der Waals surface area contributed by atoms with E-state index in [0.29, 0.717) is 17.3 Å². The second-order valence-corrected chi connectivity index (χ2v) is 13.4. The molecule has 0 aromatic heterocycles. The number of ether oxygens (including phenoxy) is 1. The molecular formula is C30H50O3. The molecule has 8 atom stereocenters. The fourth-order valence-corrected chi connectivity index (χ4v) is 9.03. The van der Waals surface area contributed by atoms with Crippen molar-refractivity contribution in [1.29, 1.82) is 0 Å². The van der Waals surface area contributed by atoms with Crippen LogP contribution < -0.4 is 0 Å². The third-order valence-corrected chi connectivity index (χ3v) is 10.9. The van der Waals surface area contributed by atoms with Gasteiger partial charge in [0.15, 0.2) is 0 Å². The number of esters is 1. The summed E-state index contributed by atoms with van der Waals surface area (Å²) in [6.45, 7) is 13.5. The van der Waals surface area contributed by atoms with Gasteiger partial charge in [-0.2, -0.15) is 0 Å². The Labute approximate surface area is 203 Å². The van der Waals surface area contributed by atoms with Gasteiger partial charge < -0.3 is 9.84 Å². The number of fused-ring (bicyclic) bond motifs is 5. The van der Waals surface area contributed by atoms with Crippen LogP contribution in [0.25, 0.3) is 0 Å². The number of hydrogen-bond acceptors (Lipinski definition) is 3. The average molecular weight is 459 g/mol. The number of carbonyl (C=O) groups is 1. The Morgan fingerprint density at radius 1 is 1.18 bits per heavy atom. The maximum atomic E-state index is 11.9. The van der Waals surface area contributed by atoms with Crippen LogP contribution >= 0.6 is 0 Å². The van der Waals surface area contributed by atoms with Crippen LogP contribution in [0, 0.1) is 40.4 Å². The van der Waals surface area contributed by atoms with Crippen LogP contribution in [0.3, 0.4) is 0 Å². The summed E-state index contributed by atoms with van der Waals surface area (Å²) in [5, 5.41) is 10.1. The quantitative estimate of drug-likeness (QED) is 0.318. The summed E-state index contributed by atoms with van der Waals surface area (Å²) in [6.07, 6.45) is 16.5. The van der Waals surface area contributed by atoms with Gasteiger partial charge in [0.2, 0.25) is 0 Å². The molecule has 3 heteroatoms. The third-order valence-electron chi connectivity index (χ3n) is 10.9. The van der Waals surface area contributed by atoms with Gasteiger partial charge in [0, 0.05) is 12.8 Å². The highest BCUT2D eigenvalue weighted by Gasteiger charge is 2.59. The molecule has 3 saturated carbocycles. The fourth-order valence-electron chi connectivity index (χ4n) is 9.03. The summed E-state index contributed by atoms with van der Waals surface area (Å²) in [4.78, 5) is 11.9. The molecule has 4 aliphatic carbocycles. The predicted molar refractivity (Wildman–Crippen MR) is 135 cm³/mol. The van der Waals surface area contributed by atoms with Crippen LogP contribution in [0.2, 0.25) is 0 Å². The second-order valence-electron chi connectivity index (χ2n) is 13.4. The Morgan fingerprint density at radius 2 is 1.94 bits per heavy atom. The lowest BCUT2D eigenvalue weighted by Crippen LogP contribution is -2.51. The van der Waals surface area contributed by atoms with Crippen molar-refractivity contribution in [3.8, 4) is 0 Å². The molecule has 0 aromatic carbocycles. The molecule has 0 aromatic rings. The molecule has 4 aliphatic rings. The van der Waals surface area contributed by atoms with E-state index in [-0.39, 0.29) is 12.1 Å². The van der Waals surface area contributed by atoms with Gasteiger partial charge in [-0.05, 0) is 106 Å². The van der Waals surface area contributed by atoms with Crippen molar-refractivity contribution < 1.29 is 14.6 Å². The van der Waals surface area contributed by atoms with Crippen molar-refractivity contribution in [3.63, 3.8) is 0 Å². The summed E-state index contributed by atoms with van der Waals surface area (Å²) in [6, 6.07) is 0. The van der Waals surface area contributed by atoms with E-state index >= 15 is 0 Å². The molecule has 0 saturated heterocycles. The first-order chi connectivity index (χ1) is 15.5. The van der Waals surface area contributed by atoms with Crippen molar-refractivity contribution in [1.82, 2.24) is 0 Å². The smallest absolute Gasteiger partial charge is 0.305 e. The van der Waals surface area contributed by atoms with Gasteiger partial charge >= 0.3 is 5.97 Å². The zero-order valence-electron chi connectivity index (χ0n) is 22.3. The van der Waals surface area contributed by atoms with Crippen molar-refractivity contribution in [2.45, 2.75) is 130 Å². The van der Waals surface area contributed by atoms with E-state index in [2.05, 4.69) is 26.8 Å². The zero-order chi connectivity index (χ0) is 24.0. The standard InChI is InChI=1S/C30H50O3/c1-7-27(31)33-22-14-17-29(5)21(19-22)10-11-23-25-13-12-24(30(25,6)18-15-26(23)29)20(2)9-8-16-28(3,4)32/h10,20,22-26,32H,7-9,11-19H2,1-6H3/t20-,22+,23+,24-,25+,26+,29+,30-/m1/s1. The zero-order valence-corrected chi connectivity index (χ0v) is 22.3. The van der Waals surface area contributed by atoms with Gasteiger partial charge in [-0.25, -0.2) is 0 Å². The van der Waals surface area contributed by atoms with Gasteiger partial charge in [-0.3, -0.25) is 4.79 Å². The summed E-state index contributed by atoms with van der Waals surface area (Å²) in [5.41, 5.74) is 1.87. The first-order valence-corrected chi connectivity index (χ1v) is 14.1. The van der Waals surface area contributed by atoms with E-state index in [9.17, 15) is 9.90 Å². The largest absolute Gasteiger partial charge is 0.462 e. The maximum Gasteiger partial charge on any atom is 0.305 e. The van der Waals surface area contributed by atoms with Crippen LogP contribution in [0.4, 0.5) is 0 Å². The lowest BCUT2D eigenvalue weighted by atomic mass is 9.47. The average Bonchev–Trinajstić information content (AvgIpc) is 3.10. The highest BCUT2D eigenvalue weighted by molar-refractivity contribution is 5.69. The maximum absolute atomic E-state index is 11.9. The highest BCUT2D eigenvalue weighted by atomic mass is 16.5. The molecule has 33 heavy (non-hydrogen) atoms. The Bertz CT molecular complexity index is 748. The van der Waals surface area contributed by atoms with Crippen LogP contribution in [0.15, 0.2) is 11.6 Å². The molecule has 0 radical (unpaired) electrons. The van der Waals surface area contributed by atoms with E-state index in [4.69, 9.17) is 4.74 Å². The minimum absolute atomic E-state index is 0.0417. The van der Waals surface area contributed by atoms with Crippen LogP contribution in [-0.2, 0) is 9.53 Å². The summed E-state index contributed by atoms with van der Waals surface area (Å²) in [5.74, 6) is 4.06. The molecule has 3 nitrogen and oxygen atoms in total. The van der Waals surface area contributed by atoms with Gasteiger partial charge in [0.25, 0.3) is 0 Å². The van der Waals surface area contributed by atoms with E-state index in [1.54, 1.807) is 5.57 Å². The molecule has 3 fully saturated rings. The first kappa shape index (κ1) is 25.3. The van der Waals surface area contributed by atoms with Crippen molar-refractivity contribution in [2.24, 2.45) is 40.4 Å². The Morgan fingerprint density at radius 3 is 2.64 bits per heavy atom. The van der Waals surface area contributed by atoms with Gasteiger partial charge in [0.1, 0.15) is 6.10 Å². The lowest BCUT2D eigenvalue weighted by molar-refractivity contribution is -0.151. The molecule has 0 bridgehead atoms. The van der Waals surface area contributed by atoms with E-state index in [1.165, 1.54) is 44.9 Å². The molecule has 0 aliphatic heterocycles. The normalized spacial score (nSPS) is 41.4. The fraction of sp³-hybridized carbons (Fsp3) is 0.900. The Kier molecular flexibility index (Phi) is 7.14. The van der Waals surface area contributed by atoms with Crippen LogP contribution in [-0.4, -0.2) is 22.8 Å². The summed E-state index contributed by atoms with van der Waals surface area (Å²) in [7, 11) is 0. The number of carbonyl (C=O) groups excluding carboxylic acids is 1. The lowest BCUT2D eigenvalue weighted by Gasteiger charge is -2.58. The molecule has 0 spiro atoms. The molecule has 0 unspecified atom stereocenters. The topological polar surface area (TPSA) is 46.5 Å². The Balaban J connectivity index is 1.44. The molecule has 1 N–H and O–H groups in total. The molecule has 0 heterocycles. The number of aliphatic hydroxyl groups is 1. The van der Waals surface area contributed by atoms with Crippen molar-refractivity contribution in [2.75, 3.05) is 0 Å². The monoisotopic (exact) mass is 458 g/mol. The minimum atomic E-state index is -0.532. The Hall–Kier alpha value is -0.830. The summed E-state index contributed by atoms with van der Waals surface area (Å²) < 4.78 is 5.75. The van der Waals surface area contributed by atoms with Gasteiger partial charge in [0.05, 0.1) is 5.60 Å². The minimum Gasteiger partial charge on any atom is -0.462 e. The molecule has 4 rings (SSSR count). The SMILES string of the molecule is CCC(=O)O[C@H]1CC[C@@]2(C)C(=CC[C@H]3[C@@H]4CC[C@H]([C@H](C)CCCC(C)(C)O)[C@@]4(C)CC[C@@H]32)C1. The number of rotatable bonds is 7. The highest BCUT2D eigenvalue weighted by Crippen LogP contribution is 2.67.